The Labute approximate surface area is 111 Å². The first-order chi connectivity index (χ1) is 9.08. The van der Waals surface area contributed by atoms with E-state index in [1.165, 1.54) is 0 Å². The molecule has 1 saturated heterocycles. The summed E-state index contributed by atoms with van der Waals surface area (Å²) in [6.45, 7) is 3.11. The molecule has 1 aliphatic heterocycles. The van der Waals surface area contributed by atoms with Gasteiger partial charge in [-0.1, -0.05) is 18.2 Å². The fourth-order valence-corrected chi connectivity index (χ4v) is 2.21. The molecule has 1 fully saturated rings. The minimum atomic E-state index is -0.907. The van der Waals surface area contributed by atoms with Crippen molar-refractivity contribution in [2.75, 3.05) is 19.7 Å². The van der Waals surface area contributed by atoms with Crippen molar-refractivity contribution in [3.63, 3.8) is 0 Å². The van der Waals surface area contributed by atoms with Gasteiger partial charge in [-0.25, -0.2) is 0 Å². The van der Waals surface area contributed by atoms with E-state index in [0.29, 0.717) is 25.3 Å². The number of carbonyl (C=O) groups is 2. The SMILES string of the molecule is Cc1ccccc1C(=O)N1CCOC(CC(=O)O)C1. The molecular formula is C14H17NO4. The van der Waals surface area contributed by atoms with Crippen LogP contribution in [-0.4, -0.2) is 47.7 Å². The molecule has 19 heavy (non-hydrogen) atoms. The molecule has 1 aromatic rings. The number of aliphatic carboxylic acids is 1. The molecule has 1 amide bonds. The van der Waals surface area contributed by atoms with Gasteiger partial charge in [0, 0.05) is 18.7 Å². The first kappa shape index (κ1) is 13.5. The maximum absolute atomic E-state index is 12.4. The number of benzene rings is 1. The van der Waals surface area contributed by atoms with E-state index < -0.39 is 12.1 Å². The molecule has 1 N–H and O–H groups in total. The van der Waals surface area contributed by atoms with Crippen LogP contribution in [0.25, 0.3) is 0 Å². The maximum atomic E-state index is 12.4. The molecule has 1 atom stereocenters. The van der Waals surface area contributed by atoms with Crippen LogP contribution in [0.3, 0.4) is 0 Å². The number of nitrogens with zero attached hydrogens (tertiary/aromatic N) is 1. The van der Waals surface area contributed by atoms with Gasteiger partial charge in [-0.15, -0.1) is 0 Å². The number of hydrogen-bond donors (Lipinski definition) is 1. The number of carboxylic acid groups (broad SMARTS) is 1. The highest BCUT2D eigenvalue weighted by Gasteiger charge is 2.26. The Bertz CT molecular complexity index is 486. The van der Waals surface area contributed by atoms with E-state index in [2.05, 4.69) is 0 Å². The van der Waals surface area contributed by atoms with Gasteiger partial charge in [-0.05, 0) is 18.6 Å². The molecule has 0 bridgehead atoms. The number of amides is 1. The predicted octanol–water partition coefficient (Wildman–Crippen LogP) is 1.31. The zero-order valence-electron chi connectivity index (χ0n) is 10.8. The number of carboxylic acids is 1. The fraction of sp³-hybridized carbons (Fsp3) is 0.429. The van der Waals surface area contributed by atoms with Gasteiger partial charge in [0.05, 0.1) is 19.1 Å². The average molecular weight is 263 g/mol. The molecule has 0 spiro atoms. The molecule has 1 unspecified atom stereocenters. The summed E-state index contributed by atoms with van der Waals surface area (Å²) in [5, 5.41) is 8.77. The van der Waals surface area contributed by atoms with Crippen LogP contribution in [0.2, 0.25) is 0 Å². The number of rotatable bonds is 3. The standard InChI is InChI=1S/C14H17NO4/c1-10-4-2-3-5-12(10)14(18)15-6-7-19-11(9-15)8-13(16)17/h2-5,11H,6-9H2,1H3,(H,16,17). The Morgan fingerprint density at radius 3 is 2.84 bits per heavy atom. The van der Waals surface area contributed by atoms with Crippen LogP contribution < -0.4 is 0 Å². The topological polar surface area (TPSA) is 66.8 Å². The summed E-state index contributed by atoms with van der Waals surface area (Å²) in [6, 6.07) is 7.40. The second-order valence-corrected chi connectivity index (χ2v) is 4.66. The summed E-state index contributed by atoms with van der Waals surface area (Å²) in [7, 11) is 0. The molecule has 0 saturated carbocycles. The van der Waals surface area contributed by atoms with Crippen molar-refractivity contribution in [1.29, 1.82) is 0 Å². The molecule has 5 heteroatoms. The van der Waals surface area contributed by atoms with E-state index >= 15 is 0 Å². The second-order valence-electron chi connectivity index (χ2n) is 4.66. The van der Waals surface area contributed by atoms with E-state index in [1.807, 2.05) is 25.1 Å². The summed E-state index contributed by atoms with van der Waals surface area (Å²) < 4.78 is 5.36. The first-order valence-electron chi connectivity index (χ1n) is 6.26. The largest absolute Gasteiger partial charge is 0.481 e. The van der Waals surface area contributed by atoms with E-state index in [4.69, 9.17) is 9.84 Å². The van der Waals surface area contributed by atoms with Gasteiger partial charge in [-0.3, -0.25) is 9.59 Å². The minimum absolute atomic E-state index is 0.0585. The number of ether oxygens (including phenoxy) is 1. The monoisotopic (exact) mass is 263 g/mol. The molecule has 0 aromatic heterocycles. The highest BCUT2D eigenvalue weighted by atomic mass is 16.5. The number of hydrogen-bond acceptors (Lipinski definition) is 3. The quantitative estimate of drug-likeness (QED) is 0.893. The van der Waals surface area contributed by atoms with Crippen LogP contribution in [0.4, 0.5) is 0 Å². The van der Waals surface area contributed by atoms with E-state index in [1.54, 1.807) is 11.0 Å². The van der Waals surface area contributed by atoms with Crippen molar-refractivity contribution < 1.29 is 19.4 Å². The fourth-order valence-electron chi connectivity index (χ4n) is 2.21. The highest BCUT2D eigenvalue weighted by Crippen LogP contribution is 2.15. The highest BCUT2D eigenvalue weighted by molar-refractivity contribution is 5.95. The smallest absolute Gasteiger partial charge is 0.306 e. The summed E-state index contributed by atoms with van der Waals surface area (Å²) in [6.07, 6.45) is -0.489. The van der Waals surface area contributed by atoms with Crippen molar-refractivity contribution in [2.45, 2.75) is 19.4 Å². The van der Waals surface area contributed by atoms with Gasteiger partial charge < -0.3 is 14.7 Å². The van der Waals surface area contributed by atoms with Gasteiger partial charge in [0.25, 0.3) is 5.91 Å². The van der Waals surface area contributed by atoms with Crippen LogP contribution in [-0.2, 0) is 9.53 Å². The molecule has 2 rings (SSSR count). The molecule has 0 radical (unpaired) electrons. The molecule has 1 heterocycles. The number of morpholine rings is 1. The van der Waals surface area contributed by atoms with Crippen LogP contribution in [0.5, 0.6) is 0 Å². The van der Waals surface area contributed by atoms with Gasteiger partial charge in [-0.2, -0.15) is 0 Å². The Morgan fingerprint density at radius 1 is 1.42 bits per heavy atom. The molecule has 1 aliphatic rings. The third-order valence-electron chi connectivity index (χ3n) is 3.20. The van der Waals surface area contributed by atoms with Gasteiger partial charge >= 0.3 is 5.97 Å². The summed E-state index contributed by atoms with van der Waals surface area (Å²) >= 11 is 0. The Morgan fingerprint density at radius 2 is 2.16 bits per heavy atom. The Kier molecular flexibility index (Phi) is 4.16. The molecule has 5 nitrogen and oxygen atoms in total. The lowest BCUT2D eigenvalue weighted by atomic mass is 10.1. The lowest BCUT2D eigenvalue weighted by Gasteiger charge is -2.32. The van der Waals surface area contributed by atoms with Crippen LogP contribution in [0, 0.1) is 6.92 Å². The average Bonchev–Trinajstić information content (AvgIpc) is 2.38. The van der Waals surface area contributed by atoms with Gasteiger partial charge in [0.2, 0.25) is 0 Å². The molecule has 0 aliphatic carbocycles. The summed E-state index contributed by atoms with van der Waals surface area (Å²) in [5.74, 6) is -0.966. The van der Waals surface area contributed by atoms with Crippen molar-refractivity contribution in [3.05, 3.63) is 35.4 Å². The summed E-state index contributed by atoms with van der Waals surface area (Å²) in [5.41, 5.74) is 1.59. The molecular weight excluding hydrogens is 246 g/mol. The van der Waals surface area contributed by atoms with Crippen LogP contribution in [0.1, 0.15) is 22.3 Å². The zero-order chi connectivity index (χ0) is 13.8. The molecule has 1 aromatic carbocycles. The molecule has 102 valence electrons. The zero-order valence-corrected chi connectivity index (χ0v) is 10.8. The lowest BCUT2D eigenvalue weighted by Crippen LogP contribution is -2.46. The minimum Gasteiger partial charge on any atom is -0.481 e. The van der Waals surface area contributed by atoms with Gasteiger partial charge in [0.15, 0.2) is 0 Å². The van der Waals surface area contributed by atoms with E-state index in [-0.39, 0.29) is 12.3 Å². The van der Waals surface area contributed by atoms with Crippen molar-refractivity contribution >= 4 is 11.9 Å². The lowest BCUT2D eigenvalue weighted by molar-refractivity contribution is -0.141. The van der Waals surface area contributed by atoms with Crippen molar-refractivity contribution in [1.82, 2.24) is 4.90 Å². The third-order valence-corrected chi connectivity index (χ3v) is 3.20. The van der Waals surface area contributed by atoms with E-state index in [9.17, 15) is 9.59 Å². The van der Waals surface area contributed by atoms with Crippen molar-refractivity contribution in [3.8, 4) is 0 Å². The van der Waals surface area contributed by atoms with Crippen molar-refractivity contribution in [2.24, 2.45) is 0 Å². The number of aryl methyl sites for hydroxylation is 1. The van der Waals surface area contributed by atoms with Gasteiger partial charge in [0.1, 0.15) is 0 Å². The normalized spacial score (nSPS) is 19.2. The predicted molar refractivity (Wildman–Crippen MR) is 69.1 cm³/mol. The maximum Gasteiger partial charge on any atom is 0.306 e. The third kappa shape index (κ3) is 3.32. The van der Waals surface area contributed by atoms with Crippen LogP contribution in [0.15, 0.2) is 24.3 Å². The second kappa shape index (κ2) is 5.84. The first-order valence-corrected chi connectivity index (χ1v) is 6.26. The Balaban J connectivity index is 2.07. The Hall–Kier alpha value is -1.88. The van der Waals surface area contributed by atoms with E-state index in [0.717, 1.165) is 5.56 Å². The summed E-state index contributed by atoms with van der Waals surface area (Å²) in [4.78, 5) is 24.7. The van der Waals surface area contributed by atoms with Crippen LogP contribution >= 0.6 is 0 Å². The number of carbonyl (C=O) groups excluding carboxylic acids is 1.